The zero-order valence-corrected chi connectivity index (χ0v) is 18.3. The summed E-state index contributed by atoms with van der Waals surface area (Å²) in [5.41, 5.74) is 4.47. The van der Waals surface area contributed by atoms with E-state index in [0.717, 1.165) is 5.56 Å². The van der Waals surface area contributed by atoms with Crippen molar-refractivity contribution in [1.29, 1.82) is 0 Å². The van der Waals surface area contributed by atoms with Gasteiger partial charge in [-0.3, -0.25) is 0 Å². The molecule has 4 heteroatoms. The van der Waals surface area contributed by atoms with Crippen LogP contribution in [0, 0.1) is 11.5 Å². The molecule has 0 aromatic heterocycles. The van der Waals surface area contributed by atoms with Crippen molar-refractivity contribution in [3.8, 4) is 11.5 Å². The third-order valence-electron chi connectivity index (χ3n) is 3.42. The summed E-state index contributed by atoms with van der Waals surface area (Å²) in [5, 5.41) is 0. The molecule has 0 heterocycles. The summed E-state index contributed by atoms with van der Waals surface area (Å²) in [6.45, 7) is 7.70. The van der Waals surface area contributed by atoms with Gasteiger partial charge in [-0.15, -0.1) is 0 Å². The van der Waals surface area contributed by atoms with E-state index < -0.39 is 8.07 Å². The number of benzene rings is 2. The average Bonchev–Trinajstić information content (AvgIpc) is 2.61. The second-order valence-corrected chi connectivity index (χ2v) is 13.8. The monoisotopic (exact) mass is 427 g/mol. The predicted molar refractivity (Wildman–Crippen MR) is 114 cm³/mol. The molecular formula is C22H25NOSeSi. The van der Waals surface area contributed by atoms with Crippen LogP contribution in [0.25, 0.3) is 0 Å². The Morgan fingerprint density at radius 3 is 2.27 bits per heavy atom. The summed E-state index contributed by atoms with van der Waals surface area (Å²) < 4.78 is 1.26. The molecule has 0 radical (unpaired) electrons. The van der Waals surface area contributed by atoms with Crippen LogP contribution >= 0.6 is 0 Å². The van der Waals surface area contributed by atoms with Crippen molar-refractivity contribution >= 4 is 33.4 Å². The van der Waals surface area contributed by atoms with E-state index in [1.807, 2.05) is 58.4 Å². The molecule has 26 heavy (non-hydrogen) atoms. The van der Waals surface area contributed by atoms with Crippen molar-refractivity contribution in [2.24, 2.45) is 0 Å². The van der Waals surface area contributed by atoms with Gasteiger partial charge in [0.15, 0.2) is 0 Å². The number of hydrogen-bond acceptors (Lipinski definition) is 1. The van der Waals surface area contributed by atoms with E-state index in [-0.39, 0.29) is 20.9 Å². The second kappa shape index (κ2) is 10.2. The van der Waals surface area contributed by atoms with Gasteiger partial charge >= 0.3 is 165 Å². The van der Waals surface area contributed by atoms with Gasteiger partial charge in [-0.05, 0) is 0 Å². The molecule has 0 spiro atoms. The Kier molecular flexibility index (Phi) is 7.93. The Balaban J connectivity index is 2.05. The van der Waals surface area contributed by atoms with E-state index in [1.165, 1.54) is 4.46 Å². The van der Waals surface area contributed by atoms with Gasteiger partial charge in [0.2, 0.25) is 0 Å². The van der Waals surface area contributed by atoms with Crippen molar-refractivity contribution in [3.63, 3.8) is 0 Å². The van der Waals surface area contributed by atoms with Gasteiger partial charge < -0.3 is 0 Å². The SMILES string of the molecule is C[Si](C)(C)C#CCN(Cc1ccccc1)C(=O)/C=C/[Se]c1ccccc1. The second-order valence-electron chi connectivity index (χ2n) is 6.97. The van der Waals surface area contributed by atoms with E-state index in [9.17, 15) is 4.79 Å². The minimum atomic E-state index is -1.43. The number of nitrogens with zero attached hydrogens (tertiary/aromatic N) is 1. The first-order chi connectivity index (χ1) is 12.4. The van der Waals surface area contributed by atoms with Crippen molar-refractivity contribution in [2.45, 2.75) is 26.2 Å². The number of hydrogen-bond donors (Lipinski definition) is 0. The van der Waals surface area contributed by atoms with E-state index in [2.05, 4.69) is 43.2 Å². The predicted octanol–water partition coefficient (Wildman–Crippen LogP) is 3.44. The molecule has 2 aromatic carbocycles. The number of amides is 1. The molecule has 2 aromatic rings. The van der Waals surface area contributed by atoms with Gasteiger partial charge in [-0.25, -0.2) is 0 Å². The van der Waals surface area contributed by atoms with Crippen molar-refractivity contribution in [2.75, 3.05) is 6.54 Å². The molecule has 2 rings (SSSR count). The third kappa shape index (κ3) is 7.88. The van der Waals surface area contributed by atoms with Crippen LogP contribution in [0.15, 0.2) is 71.7 Å². The zero-order valence-electron chi connectivity index (χ0n) is 15.6. The fourth-order valence-corrected chi connectivity index (χ4v) is 4.18. The first-order valence-electron chi connectivity index (χ1n) is 8.65. The van der Waals surface area contributed by atoms with E-state index in [4.69, 9.17) is 0 Å². The average molecular weight is 426 g/mol. The van der Waals surface area contributed by atoms with Crippen LogP contribution in [0.5, 0.6) is 0 Å². The summed E-state index contributed by atoms with van der Waals surface area (Å²) in [7, 11) is -1.43. The van der Waals surface area contributed by atoms with Gasteiger partial charge in [0.25, 0.3) is 0 Å². The van der Waals surface area contributed by atoms with Crippen LogP contribution in [-0.4, -0.2) is 40.4 Å². The Hall–Kier alpha value is -2.05. The molecule has 0 saturated heterocycles. The van der Waals surface area contributed by atoms with Gasteiger partial charge in [-0.2, -0.15) is 0 Å². The van der Waals surface area contributed by atoms with Crippen molar-refractivity contribution in [3.05, 3.63) is 77.3 Å². The standard InChI is InChI=1S/C22H25NOSeSi/c1-26(2,3)18-10-16-23(19-20-11-6-4-7-12-20)22(24)15-17-25-21-13-8-5-9-14-21/h4-9,11-15,17H,16,19H2,1-3H3/b17-15+. The summed E-state index contributed by atoms with van der Waals surface area (Å²) in [5.74, 6) is 3.25. The maximum absolute atomic E-state index is 12.7. The first-order valence-corrected chi connectivity index (χ1v) is 14.0. The first kappa shape index (κ1) is 20.3. The number of carbonyl (C=O) groups is 1. The maximum atomic E-state index is 12.7. The fraction of sp³-hybridized carbons (Fsp3) is 0.227. The minimum absolute atomic E-state index is 0.0246. The van der Waals surface area contributed by atoms with Crippen molar-refractivity contribution in [1.82, 2.24) is 4.90 Å². The Morgan fingerprint density at radius 1 is 1.04 bits per heavy atom. The van der Waals surface area contributed by atoms with Crippen LogP contribution < -0.4 is 4.46 Å². The molecule has 0 fully saturated rings. The number of rotatable bonds is 6. The third-order valence-corrected chi connectivity index (χ3v) is 6.06. The molecule has 0 aliphatic heterocycles. The summed E-state index contributed by atoms with van der Waals surface area (Å²) in [6, 6.07) is 20.3. The molecule has 0 atom stereocenters. The Bertz CT molecular complexity index is 786. The Morgan fingerprint density at radius 2 is 1.65 bits per heavy atom. The summed E-state index contributed by atoms with van der Waals surface area (Å²) in [4.78, 5) is 16.5. The molecule has 0 bridgehead atoms. The molecule has 0 aliphatic rings. The van der Waals surface area contributed by atoms with Crippen molar-refractivity contribution < 1.29 is 4.79 Å². The molecule has 0 saturated carbocycles. The molecule has 1 amide bonds. The van der Waals surface area contributed by atoms with Gasteiger partial charge in [-0.1, -0.05) is 0 Å². The van der Waals surface area contributed by atoms with Gasteiger partial charge in [0.1, 0.15) is 0 Å². The quantitative estimate of drug-likeness (QED) is 0.394. The van der Waals surface area contributed by atoms with Crippen LogP contribution in [0.2, 0.25) is 19.6 Å². The Labute approximate surface area is 164 Å². The van der Waals surface area contributed by atoms with Crippen LogP contribution in [0.3, 0.4) is 0 Å². The van der Waals surface area contributed by atoms with Gasteiger partial charge in [0.05, 0.1) is 0 Å². The topological polar surface area (TPSA) is 20.3 Å². The molecule has 0 unspecified atom stereocenters. The zero-order chi connectivity index (χ0) is 18.8. The summed E-state index contributed by atoms with van der Waals surface area (Å²) >= 11 is 0.166. The van der Waals surface area contributed by atoms with E-state index >= 15 is 0 Å². The van der Waals surface area contributed by atoms with Crippen LogP contribution in [0.1, 0.15) is 5.56 Å². The molecule has 0 N–H and O–H groups in total. The van der Waals surface area contributed by atoms with Crippen LogP contribution in [-0.2, 0) is 11.3 Å². The van der Waals surface area contributed by atoms with Gasteiger partial charge in [0, 0.05) is 0 Å². The van der Waals surface area contributed by atoms with E-state index in [0.29, 0.717) is 13.1 Å². The molecule has 134 valence electrons. The normalized spacial score (nSPS) is 11.0. The fourth-order valence-electron chi connectivity index (χ4n) is 2.19. The summed E-state index contributed by atoms with van der Waals surface area (Å²) in [6.07, 6.45) is 1.70. The number of carbonyl (C=O) groups excluding carboxylic acids is 1. The molecule has 0 aliphatic carbocycles. The van der Waals surface area contributed by atoms with Crippen LogP contribution in [0.4, 0.5) is 0 Å². The molecule has 2 nitrogen and oxygen atoms in total. The molecular weight excluding hydrogens is 401 g/mol. The van der Waals surface area contributed by atoms with E-state index in [1.54, 1.807) is 6.08 Å².